The summed E-state index contributed by atoms with van der Waals surface area (Å²) in [5.74, 6) is -1.19. The number of benzene rings is 1. The highest BCUT2D eigenvalue weighted by atomic mass is 19.4. The summed E-state index contributed by atoms with van der Waals surface area (Å²) < 4.78 is 37.7. The molecule has 0 aliphatic carbocycles. The van der Waals surface area contributed by atoms with Gasteiger partial charge in [-0.05, 0) is 19.1 Å². The summed E-state index contributed by atoms with van der Waals surface area (Å²) in [7, 11) is 0. The molecule has 0 radical (unpaired) electrons. The number of aromatic carboxylic acids is 1. The third-order valence-corrected chi connectivity index (χ3v) is 3.01. The summed E-state index contributed by atoms with van der Waals surface area (Å²) in [4.78, 5) is 16.4. The third-order valence-electron chi connectivity index (χ3n) is 3.01. The van der Waals surface area contributed by atoms with Crippen molar-refractivity contribution in [1.29, 1.82) is 0 Å². The number of aromatic nitrogens is 1. The summed E-state index contributed by atoms with van der Waals surface area (Å²) in [5, 5.41) is 9.63. The summed E-state index contributed by atoms with van der Waals surface area (Å²) >= 11 is 0. The average molecular weight is 298 g/mol. The van der Waals surface area contributed by atoms with Gasteiger partial charge in [0.25, 0.3) is 0 Å². The van der Waals surface area contributed by atoms with Crippen LogP contribution >= 0.6 is 0 Å². The molecule has 0 saturated carbocycles. The summed E-state index contributed by atoms with van der Waals surface area (Å²) in [5.41, 5.74) is 0.296. The molecule has 0 atom stereocenters. The zero-order chi connectivity index (χ0) is 15.6. The van der Waals surface area contributed by atoms with Gasteiger partial charge in [0.05, 0.1) is 11.1 Å². The number of hydrogen-bond acceptors (Lipinski definition) is 3. The Hall–Kier alpha value is -2.31. The van der Waals surface area contributed by atoms with Crippen LogP contribution in [0.25, 0.3) is 10.9 Å². The number of halogens is 3. The Kier molecular flexibility index (Phi) is 4.02. The quantitative estimate of drug-likeness (QED) is 0.940. The summed E-state index contributed by atoms with van der Waals surface area (Å²) in [6, 6.07) is 7.65. The molecule has 0 saturated heterocycles. The molecule has 1 aromatic carbocycles. The van der Waals surface area contributed by atoms with E-state index in [9.17, 15) is 23.1 Å². The molecule has 4 nitrogen and oxygen atoms in total. The van der Waals surface area contributed by atoms with Gasteiger partial charge in [-0.25, -0.2) is 9.78 Å². The maximum Gasteiger partial charge on any atom is 0.405 e. The Morgan fingerprint density at radius 2 is 2.00 bits per heavy atom. The van der Waals surface area contributed by atoms with Crippen molar-refractivity contribution in [3.63, 3.8) is 0 Å². The van der Waals surface area contributed by atoms with E-state index in [0.717, 1.165) is 4.90 Å². The molecule has 0 spiro atoms. The number of para-hydroxylation sites is 1. The van der Waals surface area contributed by atoms with E-state index in [1.807, 2.05) is 0 Å². The molecule has 21 heavy (non-hydrogen) atoms. The molecule has 1 aromatic heterocycles. The van der Waals surface area contributed by atoms with Gasteiger partial charge in [0.1, 0.15) is 12.4 Å². The minimum atomic E-state index is -4.38. The second-order valence-electron chi connectivity index (χ2n) is 4.48. The monoisotopic (exact) mass is 298 g/mol. The first-order chi connectivity index (χ1) is 9.81. The molecular weight excluding hydrogens is 285 g/mol. The van der Waals surface area contributed by atoms with E-state index in [4.69, 9.17) is 0 Å². The van der Waals surface area contributed by atoms with Crippen molar-refractivity contribution < 1.29 is 23.1 Å². The lowest BCUT2D eigenvalue weighted by Gasteiger charge is -2.24. The van der Waals surface area contributed by atoms with Gasteiger partial charge in [-0.1, -0.05) is 18.2 Å². The van der Waals surface area contributed by atoms with Crippen LogP contribution < -0.4 is 4.90 Å². The summed E-state index contributed by atoms with van der Waals surface area (Å²) in [6.45, 7) is 0.459. The van der Waals surface area contributed by atoms with Gasteiger partial charge in [-0.3, -0.25) is 0 Å². The number of pyridine rings is 1. The minimum absolute atomic E-state index is 0.00549. The van der Waals surface area contributed by atoms with Crippen LogP contribution in [0.1, 0.15) is 17.3 Å². The number of rotatable bonds is 4. The van der Waals surface area contributed by atoms with Crippen molar-refractivity contribution in [3.05, 3.63) is 35.9 Å². The number of nitrogens with zero attached hydrogens (tertiary/aromatic N) is 2. The fourth-order valence-corrected chi connectivity index (χ4v) is 2.07. The number of alkyl halides is 3. The van der Waals surface area contributed by atoms with Crippen LogP contribution in [0.2, 0.25) is 0 Å². The predicted molar refractivity (Wildman–Crippen MR) is 72.6 cm³/mol. The molecule has 1 N–H and O–H groups in total. The minimum Gasteiger partial charge on any atom is -0.478 e. The molecule has 0 bridgehead atoms. The SMILES string of the molecule is CCN(CC(F)(F)F)c1cc(C(=O)O)c2ccccc2n1. The van der Waals surface area contributed by atoms with Crippen LogP contribution in [-0.4, -0.2) is 35.3 Å². The van der Waals surface area contributed by atoms with E-state index in [1.165, 1.54) is 6.07 Å². The van der Waals surface area contributed by atoms with Gasteiger partial charge < -0.3 is 10.0 Å². The highest BCUT2D eigenvalue weighted by Gasteiger charge is 2.31. The molecule has 112 valence electrons. The third kappa shape index (κ3) is 3.42. The molecule has 0 aliphatic heterocycles. The van der Waals surface area contributed by atoms with E-state index in [-0.39, 0.29) is 17.9 Å². The molecule has 7 heteroatoms. The topological polar surface area (TPSA) is 53.4 Å². The van der Waals surface area contributed by atoms with Crippen molar-refractivity contribution in [2.45, 2.75) is 13.1 Å². The zero-order valence-electron chi connectivity index (χ0n) is 11.2. The van der Waals surface area contributed by atoms with Crippen LogP contribution in [0.4, 0.5) is 19.0 Å². The lowest BCUT2D eigenvalue weighted by molar-refractivity contribution is -0.119. The van der Waals surface area contributed by atoms with Gasteiger partial charge in [0.2, 0.25) is 0 Å². The van der Waals surface area contributed by atoms with Crippen molar-refractivity contribution in [2.75, 3.05) is 18.0 Å². The number of carbonyl (C=O) groups is 1. The lowest BCUT2D eigenvalue weighted by atomic mass is 10.1. The fraction of sp³-hybridized carbons (Fsp3) is 0.286. The molecule has 0 fully saturated rings. The first kappa shape index (κ1) is 15.1. The largest absolute Gasteiger partial charge is 0.478 e. The van der Waals surface area contributed by atoms with Crippen LogP contribution in [0.3, 0.4) is 0 Å². The van der Waals surface area contributed by atoms with Crippen molar-refractivity contribution in [2.24, 2.45) is 0 Å². The van der Waals surface area contributed by atoms with E-state index in [0.29, 0.717) is 10.9 Å². The van der Waals surface area contributed by atoms with Gasteiger partial charge >= 0.3 is 12.1 Å². The first-order valence-electron chi connectivity index (χ1n) is 6.26. The number of anilines is 1. The molecule has 0 amide bonds. The van der Waals surface area contributed by atoms with E-state index < -0.39 is 18.7 Å². The molecule has 0 aliphatic rings. The maximum atomic E-state index is 12.6. The van der Waals surface area contributed by atoms with Crippen LogP contribution in [0, 0.1) is 0 Å². The fourth-order valence-electron chi connectivity index (χ4n) is 2.07. The molecular formula is C14H13F3N2O2. The van der Waals surface area contributed by atoms with Crippen molar-refractivity contribution in [1.82, 2.24) is 4.98 Å². The Bertz CT molecular complexity index is 671. The number of carboxylic acids is 1. The first-order valence-corrected chi connectivity index (χ1v) is 6.26. The normalized spacial score (nSPS) is 11.6. The Morgan fingerprint density at radius 1 is 1.33 bits per heavy atom. The highest BCUT2D eigenvalue weighted by Crippen LogP contribution is 2.25. The molecule has 0 unspecified atom stereocenters. The standard InChI is InChI=1S/C14H13F3N2O2/c1-2-19(8-14(15,16)17)12-7-10(13(20)21)9-5-3-4-6-11(9)18-12/h3-7H,2,8H2,1H3,(H,20,21). The Labute approximate surface area is 118 Å². The number of carboxylic acid groups (broad SMARTS) is 1. The van der Waals surface area contributed by atoms with Crippen molar-refractivity contribution in [3.8, 4) is 0 Å². The molecule has 2 aromatic rings. The Balaban J connectivity index is 2.56. The average Bonchev–Trinajstić information content (AvgIpc) is 2.42. The molecule has 1 heterocycles. The van der Waals surface area contributed by atoms with Crippen LogP contribution in [-0.2, 0) is 0 Å². The lowest BCUT2D eigenvalue weighted by Crippen LogP contribution is -2.34. The van der Waals surface area contributed by atoms with E-state index >= 15 is 0 Å². The van der Waals surface area contributed by atoms with Gasteiger partial charge in [0.15, 0.2) is 0 Å². The molecule has 2 rings (SSSR count). The maximum absolute atomic E-state index is 12.6. The number of hydrogen-bond donors (Lipinski definition) is 1. The Morgan fingerprint density at radius 3 is 2.57 bits per heavy atom. The van der Waals surface area contributed by atoms with Crippen molar-refractivity contribution >= 4 is 22.7 Å². The second-order valence-corrected chi connectivity index (χ2v) is 4.48. The second kappa shape index (κ2) is 5.59. The van der Waals surface area contributed by atoms with Crippen LogP contribution in [0.5, 0.6) is 0 Å². The predicted octanol–water partition coefficient (Wildman–Crippen LogP) is 3.32. The summed E-state index contributed by atoms with van der Waals surface area (Å²) in [6.07, 6.45) is -4.38. The number of fused-ring (bicyclic) bond motifs is 1. The van der Waals surface area contributed by atoms with Crippen LogP contribution in [0.15, 0.2) is 30.3 Å². The zero-order valence-corrected chi connectivity index (χ0v) is 11.2. The van der Waals surface area contributed by atoms with Gasteiger partial charge in [-0.2, -0.15) is 13.2 Å². The van der Waals surface area contributed by atoms with Gasteiger partial charge in [-0.15, -0.1) is 0 Å². The van der Waals surface area contributed by atoms with E-state index in [1.54, 1.807) is 31.2 Å². The highest BCUT2D eigenvalue weighted by molar-refractivity contribution is 6.03. The van der Waals surface area contributed by atoms with E-state index in [2.05, 4.69) is 4.98 Å². The smallest absolute Gasteiger partial charge is 0.405 e. The van der Waals surface area contributed by atoms with Gasteiger partial charge in [0, 0.05) is 11.9 Å².